The molecule has 4 nitrogen and oxygen atoms in total. The van der Waals surface area contributed by atoms with Gasteiger partial charge in [0.1, 0.15) is 17.1 Å². The van der Waals surface area contributed by atoms with E-state index in [2.05, 4.69) is 4.98 Å². The van der Waals surface area contributed by atoms with E-state index < -0.39 is 0 Å². The molecule has 0 bridgehead atoms. The van der Waals surface area contributed by atoms with Gasteiger partial charge in [-0.2, -0.15) is 0 Å². The molecule has 88 valence electrons. The molecule has 1 aromatic heterocycles. The summed E-state index contributed by atoms with van der Waals surface area (Å²) in [6.07, 6.45) is 3.35. The first kappa shape index (κ1) is 11.3. The van der Waals surface area contributed by atoms with Crippen molar-refractivity contribution in [2.75, 3.05) is 14.2 Å². The second-order valence-electron chi connectivity index (χ2n) is 3.47. The van der Waals surface area contributed by atoms with Gasteiger partial charge in [0.05, 0.1) is 14.2 Å². The third kappa shape index (κ3) is 2.01. The predicted octanol–water partition coefficient (Wildman–Crippen LogP) is 2.26. The van der Waals surface area contributed by atoms with Gasteiger partial charge < -0.3 is 14.5 Å². The average Bonchev–Trinajstić information content (AvgIpc) is 2.90. The minimum absolute atomic E-state index is 0.124. The van der Waals surface area contributed by atoms with E-state index in [0.717, 1.165) is 0 Å². The Balaban J connectivity index is 2.53. The quantitative estimate of drug-likeness (QED) is 0.821. The summed E-state index contributed by atoms with van der Waals surface area (Å²) in [4.78, 5) is 15.1. The normalized spacial score (nSPS) is 10.0. The van der Waals surface area contributed by atoms with Gasteiger partial charge in [-0.1, -0.05) is 6.07 Å². The van der Waals surface area contributed by atoms with E-state index in [1.807, 2.05) is 0 Å². The molecule has 0 radical (unpaired) electrons. The minimum Gasteiger partial charge on any atom is -0.496 e. The molecule has 2 rings (SSSR count). The zero-order valence-corrected chi connectivity index (χ0v) is 9.69. The van der Waals surface area contributed by atoms with Crippen molar-refractivity contribution in [3.05, 3.63) is 47.8 Å². The number of H-pyrrole nitrogens is 1. The van der Waals surface area contributed by atoms with Crippen LogP contribution in [0.3, 0.4) is 0 Å². The lowest BCUT2D eigenvalue weighted by Gasteiger charge is -2.11. The molecule has 0 fully saturated rings. The zero-order valence-electron chi connectivity index (χ0n) is 9.69. The summed E-state index contributed by atoms with van der Waals surface area (Å²) < 4.78 is 10.4. The van der Waals surface area contributed by atoms with Gasteiger partial charge >= 0.3 is 0 Å². The van der Waals surface area contributed by atoms with E-state index >= 15 is 0 Å². The molecule has 2 aromatic rings. The highest BCUT2D eigenvalue weighted by atomic mass is 16.5. The molecule has 0 amide bonds. The lowest BCUT2D eigenvalue weighted by molar-refractivity contribution is 0.103. The van der Waals surface area contributed by atoms with E-state index in [-0.39, 0.29) is 5.78 Å². The van der Waals surface area contributed by atoms with E-state index in [1.54, 1.807) is 36.7 Å². The molecular weight excluding hydrogens is 218 g/mol. The van der Waals surface area contributed by atoms with Gasteiger partial charge in [-0.15, -0.1) is 0 Å². The van der Waals surface area contributed by atoms with Crippen LogP contribution in [0.15, 0.2) is 36.7 Å². The van der Waals surface area contributed by atoms with Crippen LogP contribution in [0.2, 0.25) is 0 Å². The molecule has 1 aromatic carbocycles. The second kappa shape index (κ2) is 4.74. The molecule has 4 heteroatoms. The van der Waals surface area contributed by atoms with Gasteiger partial charge in [-0.25, -0.2) is 0 Å². The zero-order chi connectivity index (χ0) is 12.3. The maximum absolute atomic E-state index is 12.3. The van der Waals surface area contributed by atoms with E-state index in [9.17, 15) is 4.79 Å². The number of rotatable bonds is 4. The van der Waals surface area contributed by atoms with Crippen LogP contribution in [0.5, 0.6) is 11.5 Å². The molecule has 0 saturated heterocycles. The SMILES string of the molecule is COc1cccc(OC)c1C(=O)c1cc[nH]c1. The van der Waals surface area contributed by atoms with Crippen molar-refractivity contribution in [1.82, 2.24) is 4.98 Å². The summed E-state index contributed by atoms with van der Waals surface area (Å²) in [5.41, 5.74) is 1.02. The fourth-order valence-electron chi connectivity index (χ4n) is 1.68. The monoisotopic (exact) mass is 231 g/mol. The van der Waals surface area contributed by atoms with Gasteiger partial charge in [-0.05, 0) is 18.2 Å². The average molecular weight is 231 g/mol. The molecular formula is C13H13NO3. The fraction of sp³-hybridized carbons (Fsp3) is 0.154. The highest BCUT2D eigenvalue weighted by molar-refractivity contribution is 6.12. The Hall–Kier alpha value is -2.23. The Morgan fingerprint density at radius 2 is 1.76 bits per heavy atom. The van der Waals surface area contributed by atoms with Gasteiger partial charge in [0.2, 0.25) is 5.78 Å². The largest absolute Gasteiger partial charge is 0.496 e. The first-order chi connectivity index (χ1) is 8.27. The summed E-state index contributed by atoms with van der Waals surface area (Å²) in [6.45, 7) is 0. The van der Waals surface area contributed by atoms with Gasteiger partial charge in [-0.3, -0.25) is 4.79 Å². The summed E-state index contributed by atoms with van der Waals surface area (Å²) in [5.74, 6) is 0.895. The van der Waals surface area contributed by atoms with Crippen LogP contribution in [0.25, 0.3) is 0 Å². The Morgan fingerprint density at radius 3 is 2.24 bits per heavy atom. The predicted molar refractivity (Wildman–Crippen MR) is 63.8 cm³/mol. The molecule has 0 aliphatic carbocycles. The van der Waals surface area contributed by atoms with Crippen LogP contribution < -0.4 is 9.47 Å². The van der Waals surface area contributed by atoms with Crippen LogP contribution in [0, 0.1) is 0 Å². The number of ketones is 1. The summed E-state index contributed by atoms with van der Waals surface area (Å²) in [6, 6.07) is 6.98. The summed E-state index contributed by atoms with van der Waals surface area (Å²) >= 11 is 0. The maximum atomic E-state index is 12.3. The van der Waals surface area contributed by atoms with E-state index in [1.165, 1.54) is 14.2 Å². The van der Waals surface area contributed by atoms with Crippen molar-refractivity contribution in [2.45, 2.75) is 0 Å². The maximum Gasteiger partial charge on any atom is 0.202 e. The molecule has 0 saturated carbocycles. The smallest absolute Gasteiger partial charge is 0.202 e. The van der Waals surface area contributed by atoms with E-state index in [4.69, 9.17) is 9.47 Å². The minimum atomic E-state index is -0.124. The number of carbonyl (C=O) groups is 1. The number of carbonyl (C=O) groups excluding carboxylic acids is 1. The number of hydrogen-bond acceptors (Lipinski definition) is 3. The first-order valence-electron chi connectivity index (χ1n) is 5.16. The van der Waals surface area contributed by atoms with Crippen LogP contribution >= 0.6 is 0 Å². The molecule has 0 atom stereocenters. The number of aromatic amines is 1. The Kier molecular flexibility index (Phi) is 3.14. The number of benzene rings is 1. The Labute approximate surface area is 99.2 Å². The van der Waals surface area contributed by atoms with Crippen LogP contribution in [0.1, 0.15) is 15.9 Å². The highest BCUT2D eigenvalue weighted by Crippen LogP contribution is 2.30. The number of hydrogen-bond donors (Lipinski definition) is 1. The highest BCUT2D eigenvalue weighted by Gasteiger charge is 2.19. The summed E-state index contributed by atoms with van der Waals surface area (Å²) in [7, 11) is 3.06. The molecule has 0 unspecified atom stereocenters. The lowest BCUT2D eigenvalue weighted by Crippen LogP contribution is -2.05. The molecule has 0 aliphatic heterocycles. The van der Waals surface area contributed by atoms with Crippen LogP contribution in [0.4, 0.5) is 0 Å². The molecule has 1 heterocycles. The number of aromatic nitrogens is 1. The van der Waals surface area contributed by atoms with Crippen molar-refractivity contribution in [3.8, 4) is 11.5 Å². The number of methoxy groups -OCH3 is 2. The van der Waals surface area contributed by atoms with Gasteiger partial charge in [0.25, 0.3) is 0 Å². The second-order valence-corrected chi connectivity index (χ2v) is 3.47. The topological polar surface area (TPSA) is 51.3 Å². The lowest BCUT2D eigenvalue weighted by atomic mass is 10.0. The first-order valence-corrected chi connectivity index (χ1v) is 5.16. The number of nitrogens with one attached hydrogen (secondary N) is 1. The third-order valence-electron chi connectivity index (χ3n) is 2.52. The van der Waals surface area contributed by atoms with Crippen molar-refractivity contribution in [2.24, 2.45) is 0 Å². The van der Waals surface area contributed by atoms with Gasteiger partial charge in [0.15, 0.2) is 0 Å². The molecule has 1 N–H and O–H groups in total. The molecule has 0 spiro atoms. The Morgan fingerprint density at radius 1 is 1.12 bits per heavy atom. The molecule has 0 aliphatic rings. The third-order valence-corrected chi connectivity index (χ3v) is 2.52. The molecule has 17 heavy (non-hydrogen) atoms. The summed E-state index contributed by atoms with van der Waals surface area (Å²) in [5, 5.41) is 0. The van der Waals surface area contributed by atoms with Gasteiger partial charge in [0, 0.05) is 18.0 Å². The van der Waals surface area contributed by atoms with Crippen molar-refractivity contribution >= 4 is 5.78 Å². The van der Waals surface area contributed by atoms with Crippen molar-refractivity contribution < 1.29 is 14.3 Å². The standard InChI is InChI=1S/C13H13NO3/c1-16-10-4-3-5-11(17-2)12(10)13(15)9-6-7-14-8-9/h3-8,14H,1-2H3. The Bertz CT molecular complexity index is 495. The van der Waals surface area contributed by atoms with Crippen LogP contribution in [-0.4, -0.2) is 25.0 Å². The fourth-order valence-corrected chi connectivity index (χ4v) is 1.68. The van der Waals surface area contributed by atoms with Crippen LogP contribution in [-0.2, 0) is 0 Å². The van der Waals surface area contributed by atoms with Crippen molar-refractivity contribution in [3.63, 3.8) is 0 Å². The van der Waals surface area contributed by atoms with E-state index in [0.29, 0.717) is 22.6 Å². The number of ether oxygens (including phenoxy) is 2. The van der Waals surface area contributed by atoms with Crippen molar-refractivity contribution in [1.29, 1.82) is 0 Å².